The van der Waals surface area contributed by atoms with Gasteiger partial charge < -0.3 is 0 Å². The molecule has 0 spiro atoms. The number of hydrogen-bond donors (Lipinski definition) is 0. The second-order valence-corrected chi connectivity index (χ2v) is 7.03. The highest BCUT2D eigenvalue weighted by Gasteiger charge is 2.27. The van der Waals surface area contributed by atoms with E-state index < -0.39 is 9.05 Å². The lowest BCUT2D eigenvalue weighted by Gasteiger charge is -2.21. The van der Waals surface area contributed by atoms with Gasteiger partial charge in [-0.15, -0.1) is 0 Å². The standard InChI is InChI=1S/C9H11Cl2NO2S/c1-9(2,3)6-4-5-12-8(10)7(6)15(11,13)14/h4-5H,1-3H3. The smallest absolute Gasteiger partial charge is 0.243 e. The van der Waals surface area contributed by atoms with Gasteiger partial charge >= 0.3 is 0 Å². The average Bonchev–Trinajstić information content (AvgIpc) is 1.99. The molecule has 1 heterocycles. The van der Waals surface area contributed by atoms with Crippen molar-refractivity contribution in [1.29, 1.82) is 0 Å². The predicted octanol–water partition coefficient (Wildman–Crippen LogP) is 2.96. The highest BCUT2D eigenvalue weighted by molar-refractivity contribution is 8.13. The molecule has 0 unspecified atom stereocenters. The molecule has 0 aliphatic rings. The zero-order valence-electron chi connectivity index (χ0n) is 8.58. The summed E-state index contributed by atoms with van der Waals surface area (Å²) in [6.07, 6.45) is 1.47. The van der Waals surface area contributed by atoms with Crippen molar-refractivity contribution in [3.05, 3.63) is 23.0 Å². The summed E-state index contributed by atoms with van der Waals surface area (Å²) < 4.78 is 22.7. The van der Waals surface area contributed by atoms with Gasteiger partial charge in [-0.3, -0.25) is 0 Å². The summed E-state index contributed by atoms with van der Waals surface area (Å²) in [6, 6.07) is 1.61. The molecule has 1 aromatic rings. The van der Waals surface area contributed by atoms with Crippen molar-refractivity contribution in [2.45, 2.75) is 31.1 Å². The van der Waals surface area contributed by atoms with Crippen molar-refractivity contribution in [3.63, 3.8) is 0 Å². The van der Waals surface area contributed by atoms with Crippen LogP contribution in [0.15, 0.2) is 17.2 Å². The molecule has 0 N–H and O–H groups in total. The predicted molar refractivity (Wildman–Crippen MR) is 61.0 cm³/mol. The SMILES string of the molecule is CC(C)(C)c1ccnc(Cl)c1S(=O)(=O)Cl. The number of hydrogen-bond acceptors (Lipinski definition) is 3. The summed E-state index contributed by atoms with van der Waals surface area (Å²) in [5.41, 5.74) is 0.210. The Kier molecular flexibility index (Phi) is 3.33. The van der Waals surface area contributed by atoms with Crippen molar-refractivity contribution < 1.29 is 8.42 Å². The Bertz CT molecular complexity index is 477. The van der Waals surface area contributed by atoms with Crippen LogP contribution < -0.4 is 0 Å². The molecule has 0 radical (unpaired) electrons. The summed E-state index contributed by atoms with van der Waals surface area (Å²) in [5, 5.41) is -0.0857. The lowest BCUT2D eigenvalue weighted by molar-refractivity contribution is 0.564. The van der Waals surface area contributed by atoms with Gasteiger partial charge in [-0.25, -0.2) is 13.4 Å². The van der Waals surface area contributed by atoms with Crippen LogP contribution in [0.2, 0.25) is 5.15 Å². The first-order valence-electron chi connectivity index (χ1n) is 4.23. The summed E-state index contributed by atoms with van der Waals surface area (Å²) >= 11 is 5.75. The van der Waals surface area contributed by atoms with Crippen LogP contribution in [-0.2, 0) is 14.5 Å². The van der Waals surface area contributed by atoms with Gasteiger partial charge in [-0.05, 0) is 17.0 Å². The van der Waals surface area contributed by atoms with Gasteiger partial charge in [0.2, 0.25) is 0 Å². The van der Waals surface area contributed by atoms with Crippen LogP contribution in [0.25, 0.3) is 0 Å². The fourth-order valence-corrected chi connectivity index (χ4v) is 3.19. The summed E-state index contributed by atoms with van der Waals surface area (Å²) in [4.78, 5) is 3.63. The summed E-state index contributed by atoms with van der Waals surface area (Å²) in [7, 11) is 1.45. The highest BCUT2D eigenvalue weighted by Crippen LogP contribution is 2.34. The number of halogens is 2. The van der Waals surface area contributed by atoms with E-state index in [1.54, 1.807) is 6.07 Å². The second kappa shape index (κ2) is 3.92. The molecule has 0 saturated heterocycles. The van der Waals surface area contributed by atoms with Gasteiger partial charge in [0.05, 0.1) is 0 Å². The normalized spacial score (nSPS) is 12.9. The Balaban J connectivity index is 3.63. The van der Waals surface area contributed by atoms with E-state index in [-0.39, 0.29) is 15.5 Å². The molecule has 3 nitrogen and oxygen atoms in total. The van der Waals surface area contributed by atoms with Gasteiger partial charge in [0.1, 0.15) is 10.0 Å². The lowest BCUT2D eigenvalue weighted by atomic mass is 9.88. The number of aromatic nitrogens is 1. The molecule has 15 heavy (non-hydrogen) atoms. The molecular weight excluding hydrogens is 257 g/mol. The molecule has 0 saturated carbocycles. The minimum absolute atomic E-state index is 0.0857. The third-order valence-electron chi connectivity index (χ3n) is 1.91. The monoisotopic (exact) mass is 267 g/mol. The maximum atomic E-state index is 11.4. The topological polar surface area (TPSA) is 47.0 Å². The van der Waals surface area contributed by atoms with E-state index in [4.69, 9.17) is 22.3 Å². The maximum Gasteiger partial charge on any atom is 0.264 e. The van der Waals surface area contributed by atoms with E-state index in [0.717, 1.165) is 0 Å². The van der Waals surface area contributed by atoms with E-state index >= 15 is 0 Å². The Hall–Kier alpha value is -0.320. The fourth-order valence-electron chi connectivity index (χ4n) is 1.25. The molecular formula is C9H11Cl2NO2S. The van der Waals surface area contributed by atoms with Crippen LogP contribution >= 0.6 is 22.3 Å². The molecule has 0 aliphatic heterocycles. The van der Waals surface area contributed by atoms with Crippen molar-refractivity contribution >= 4 is 31.3 Å². The molecule has 1 rings (SSSR count). The largest absolute Gasteiger partial charge is 0.264 e. The third kappa shape index (κ3) is 2.83. The van der Waals surface area contributed by atoms with Crippen molar-refractivity contribution in [2.75, 3.05) is 0 Å². The fraction of sp³-hybridized carbons (Fsp3) is 0.444. The van der Waals surface area contributed by atoms with Gasteiger partial charge in [0.25, 0.3) is 9.05 Å². The van der Waals surface area contributed by atoms with Gasteiger partial charge in [-0.2, -0.15) is 0 Å². The molecule has 1 aromatic heterocycles. The zero-order chi connectivity index (χ0) is 11.9. The first-order chi connectivity index (χ1) is 6.64. The molecule has 0 amide bonds. The Labute approximate surface area is 98.8 Å². The van der Waals surface area contributed by atoms with Crippen molar-refractivity contribution in [1.82, 2.24) is 4.98 Å². The van der Waals surface area contributed by atoms with Crippen LogP contribution in [-0.4, -0.2) is 13.4 Å². The lowest BCUT2D eigenvalue weighted by Crippen LogP contribution is -2.16. The molecule has 0 fully saturated rings. The van der Waals surface area contributed by atoms with Crippen LogP contribution in [0.1, 0.15) is 26.3 Å². The average molecular weight is 268 g/mol. The van der Waals surface area contributed by atoms with E-state index in [1.165, 1.54) is 6.20 Å². The van der Waals surface area contributed by atoms with Crippen LogP contribution in [0.3, 0.4) is 0 Å². The first-order valence-corrected chi connectivity index (χ1v) is 6.92. The zero-order valence-corrected chi connectivity index (χ0v) is 10.9. The Morgan fingerprint density at radius 2 is 1.87 bits per heavy atom. The van der Waals surface area contributed by atoms with E-state index in [2.05, 4.69) is 4.98 Å². The minimum atomic E-state index is -3.87. The summed E-state index contributed by atoms with van der Waals surface area (Å²) in [6.45, 7) is 5.64. The molecule has 6 heteroatoms. The van der Waals surface area contributed by atoms with Gasteiger partial charge in [-0.1, -0.05) is 32.4 Å². The quantitative estimate of drug-likeness (QED) is 0.581. The molecule has 84 valence electrons. The molecule has 0 aliphatic carbocycles. The van der Waals surface area contributed by atoms with E-state index in [1.807, 2.05) is 20.8 Å². The molecule has 0 atom stereocenters. The van der Waals surface area contributed by atoms with Crippen LogP contribution in [0, 0.1) is 0 Å². The van der Waals surface area contributed by atoms with Gasteiger partial charge in [0, 0.05) is 16.9 Å². The Morgan fingerprint density at radius 3 is 2.20 bits per heavy atom. The number of nitrogens with zero attached hydrogens (tertiary/aromatic N) is 1. The highest BCUT2D eigenvalue weighted by atomic mass is 35.7. The van der Waals surface area contributed by atoms with E-state index in [9.17, 15) is 8.42 Å². The first kappa shape index (κ1) is 12.7. The van der Waals surface area contributed by atoms with Crippen molar-refractivity contribution in [3.8, 4) is 0 Å². The second-order valence-electron chi connectivity index (χ2n) is 4.17. The van der Waals surface area contributed by atoms with Crippen molar-refractivity contribution in [2.24, 2.45) is 0 Å². The Morgan fingerprint density at radius 1 is 1.33 bits per heavy atom. The number of pyridine rings is 1. The maximum absolute atomic E-state index is 11.4. The molecule has 0 aromatic carbocycles. The summed E-state index contributed by atoms with van der Waals surface area (Å²) in [5.74, 6) is 0. The van der Waals surface area contributed by atoms with E-state index in [0.29, 0.717) is 5.56 Å². The minimum Gasteiger partial charge on any atom is -0.243 e. The third-order valence-corrected chi connectivity index (χ3v) is 3.68. The van der Waals surface area contributed by atoms with Crippen LogP contribution in [0.5, 0.6) is 0 Å². The molecule has 0 bridgehead atoms. The van der Waals surface area contributed by atoms with Crippen LogP contribution in [0.4, 0.5) is 0 Å². The van der Waals surface area contributed by atoms with Gasteiger partial charge in [0.15, 0.2) is 0 Å². The number of rotatable bonds is 1.